The van der Waals surface area contributed by atoms with Crippen LogP contribution >= 0.6 is 11.6 Å². The van der Waals surface area contributed by atoms with Gasteiger partial charge in [0.2, 0.25) is 0 Å². The lowest BCUT2D eigenvalue weighted by Gasteiger charge is -2.45. The van der Waals surface area contributed by atoms with Crippen LogP contribution in [0.5, 0.6) is 11.5 Å². The normalized spacial score (nSPS) is 31.0. The molecule has 0 radical (unpaired) electrons. The third kappa shape index (κ3) is 6.95. The molecule has 14 heteroatoms. The summed E-state index contributed by atoms with van der Waals surface area (Å²) in [5, 5.41) is 3.50. The van der Waals surface area contributed by atoms with Crippen molar-refractivity contribution in [1.29, 1.82) is 0 Å². The van der Waals surface area contributed by atoms with Gasteiger partial charge in [0, 0.05) is 36.2 Å². The first-order chi connectivity index (χ1) is 23.4. The van der Waals surface area contributed by atoms with E-state index in [0.717, 1.165) is 24.8 Å². The van der Waals surface area contributed by atoms with E-state index >= 15 is 0 Å². The van der Waals surface area contributed by atoms with E-state index in [0.29, 0.717) is 68.1 Å². The smallest absolute Gasteiger partial charge is 0.408 e. The fourth-order valence-electron chi connectivity index (χ4n) is 7.36. The molecule has 264 valence electrons. The molecule has 0 aromatic heterocycles. The third-order valence-electron chi connectivity index (χ3n) is 10.4. The van der Waals surface area contributed by atoms with E-state index in [1.165, 1.54) is 19.9 Å². The largest absolute Gasteiger partial charge is 0.493 e. The maximum absolute atomic E-state index is 13.6. The molecule has 2 amide bonds. The number of nitrogens with one attached hydrogen (secondary N) is 2. The van der Waals surface area contributed by atoms with Crippen LogP contribution in [0, 0.1) is 11.8 Å². The van der Waals surface area contributed by atoms with Crippen molar-refractivity contribution in [1.82, 2.24) is 10.0 Å². The Morgan fingerprint density at radius 2 is 1.94 bits per heavy atom. The highest BCUT2D eigenvalue weighted by Gasteiger charge is 2.46. The first-order valence-corrected chi connectivity index (χ1v) is 18.7. The zero-order chi connectivity index (χ0) is 34.4. The molecule has 12 nitrogen and oxygen atoms in total. The molecule has 2 fully saturated rings. The lowest BCUT2D eigenvalue weighted by atomic mass is 9.69. The van der Waals surface area contributed by atoms with Gasteiger partial charge in [0.25, 0.3) is 15.9 Å². The number of hydrogen-bond donors (Lipinski definition) is 2. The number of ether oxygens (including phenoxy) is 5. The lowest BCUT2D eigenvalue weighted by molar-refractivity contribution is -0.139. The molecular formula is C35H42ClN3O9S. The molecule has 2 aromatic rings. The van der Waals surface area contributed by atoms with Crippen LogP contribution in [-0.2, 0) is 34.4 Å². The van der Waals surface area contributed by atoms with Crippen LogP contribution in [0.1, 0.15) is 45.1 Å². The molecule has 4 aliphatic heterocycles. The van der Waals surface area contributed by atoms with Gasteiger partial charge in [-0.25, -0.2) is 17.9 Å². The first-order valence-electron chi connectivity index (χ1n) is 16.8. The fraction of sp³-hybridized carbons (Fsp3) is 0.543. The molecule has 49 heavy (non-hydrogen) atoms. The van der Waals surface area contributed by atoms with Crippen LogP contribution in [0.15, 0.2) is 53.4 Å². The van der Waals surface area contributed by atoms with E-state index in [4.69, 9.17) is 35.3 Å². The Morgan fingerprint density at radius 1 is 1.08 bits per heavy atom. The summed E-state index contributed by atoms with van der Waals surface area (Å²) in [6, 6.07) is 10.2. The Labute approximate surface area is 291 Å². The van der Waals surface area contributed by atoms with E-state index in [9.17, 15) is 18.0 Å². The lowest BCUT2D eigenvalue weighted by Crippen LogP contribution is -2.50. The second-order valence-electron chi connectivity index (χ2n) is 14.1. The number of amides is 2. The Morgan fingerprint density at radius 3 is 2.71 bits per heavy atom. The van der Waals surface area contributed by atoms with Crippen molar-refractivity contribution >= 4 is 39.3 Å². The molecule has 2 N–H and O–H groups in total. The topological polar surface area (TPSA) is 142 Å². The molecular weight excluding hydrogens is 674 g/mol. The molecule has 1 aliphatic carbocycles. The van der Waals surface area contributed by atoms with Gasteiger partial charge in [0.05, 0.1) is 48.5 Å². The van der Waals surface area contributed by atoms with E-state index in [1.54, 1.807) is 18.2 Å². The van der Waals surface area contributed by atoms with Crippen molar-refractivity contribution in [3.05, 3.63) is 59.1 Å². The number of hydrogen-bond acceptors (Lipinski definition) is 10. The summed E-state index contributed by atoms with van der Waals surface area (Å²) < 4.78 is 59.2. The van der Waals surface area contributed by atoms with Crippen molar-refractivity contribution in [2.75, 3.05) is 51.0 Å². The van der Waals surface area contributed by atoms with Crippen molar-refractivity contribution in [2.45, 2.75) is 67.6 Å². The van der Waals surface area contributed by atoms with Gasteiger partial charge in [-0.05, 0) is 81.9 Å². The highest BCUT2D eigenvalue weighted by atomic mass is 35.5. The second kappa shape index (κ2) is 13.3. The minimum atomic E-state index is -4.26. The number of nitrogens with zero attached hydrogens (tertiary/aromatic N) is 1. The van der Waals surface area contributed by atoms with Crippen LogP contribution in [-0.4, -0.2) is 84.3 Å². The Balaban J connectivity index is 1.26. The van der Waals surface area contributed by atoms with Crippen molar-refractivity contribution < 1.29 is 41.7 Å². The summed E-state index contributed by atoms with van der Waals surface area (Å²) in [7, 11) is -4.26. The number of benzene rings is 2. The van der Waals surface area contributed by atoms with Crippen LogP contribution in [0.4, 0.5) is 10.5 Å². The Bertz CT molecular complexity index is 1750. The van der Waals surface area contributed by atoms with Gasteiger partial charge in [-0.3, -0.25) is 4.79 Å². The Hall–Kier alpha value is -3.52. The van der Waals surface area contributed by atoms with Crippen LogP contribution < -0.4 is 24.4 Å². The zero-order valence-corrected chi connectivity index (χ0v) is 29.2. The first kappa shape index (κ1) is 34.0. The van der Waals surface area contributed by atoms with Crippen molar-refractivity contribution in [3.63, 3.8) is 0 Å². The molecule has 5 aliphatic rings. The average molecular weight is 716 g/mol. The summed E-state index contributed by atoms with van der Waals surface area (Å²) >= 11 is 6.35. The molecule has 5 atom stereocenters. The van der Waals surface area contributed by atoms with E-state index < -0.39 is 39.1 Å². The van der Waals surface area contributed by atoms with Gasteiger partial charge in [-0.15, -0.1) is 0 Å². The zero-order valence-electron chi connectivity index (χ0n) is 27.6. The molecule has 0 unspecified atom stereocenters. The Kier molecular flexibility index (Phi) is 9.22. The molecule has 2 bridgehead atoms. The average Bonchev–Trinajstić information content (AvgIpc) is 3.50. The highest BCUT2D eigenvalue weighted by molar-refractivity contribution is 7.90. The van der Waals surface area contributed by atoms with Crippen LogP contribution in [0.25, 0.3) is 0 Å². The number of sulfonamides is 1. The number of anilines is 1. The molecule has 1 saturated heterocycles. The maximum atomic E-state index is 13.6. The van der Waals surface area contributed by atoms with Gasteiger partial charge >= 0.3 is 6.09 Å². The predicted octanol–water partition coefficient (Wildman–Crippen LogP) is 4.34. The number of rotatable bonds is 2. The quantitative estimate of drug-likeness (QED) is 0.432. The summed E-state index contributed by atoms with van der Waals surface area (Å²) in [6.07, 6.45) is 5.60. The second-order valence-corrected chi connectivity index (χ2v) is 16.2. The maximum Gasteiger partial charge on any atom is 0.408 e. The minimum absolute atomic E-state index is 0.00608. The number of carbonyl (C=O) groups excluding carboxylic acids is 2. The van der Waals surface area contributed by atoms with Crippen molar-refractivity contribution in [3.8, 4) is 11.5 Å². The molecule has 7 rings (SSSR count). The number of alkyl carbamates (subject to hydrolysis) is 1. The predicted molar refractivity (Wildman–Crippen MR) is 181 cm³/mol. The SMILES string of the molecule is CC1(C)OC/C=C/[C@H](OC(=O)N[C@@H]2CCOC2)[C@@H]2CC[C@H]2CN2C[C@@]3(CCOc4cc(Cl)ccc43)COc3ccc(cc32)S(=O)(=O)NC1=O. The third-order valence-corrected chi connectivity index (χ3v) is 12.0. The molecule has 4 heterocycles. The van der Waals surface area contributed by atoms with Crippen LogP contribution in [0.2, 0.25) is 5.02 Å². The van der Waals surface area contributed by atoms with E-state index in [2.05, 4.69) is 14.9 Å². The van der Waals surface area contributed by atoms with Gasteiger partial charge in [0.15, 0.2) is 0 Å². The number of halogens is 1. The summed E-state index contributed by atoms with van der Waals surface area (Å²) in [5.74, 6) is 0.530. The van der Waals surface area contributed by atoms with Crippen molar-refractivity contribution in [2.24, 2.45) is 11.8 Å². The summed E-state index contributed by atoms with van der Waals surface area (Å²) in [5.41, 5.74) is -0.372. The molecule has 1 saturated carbocycles. The standard InChI is InChI=1S/C35H42ClN3O9S/c1-34(2)32(40)38-49(42,43)25-7-10-30-28(17-25)39(20-35(21-46-30)12-15-45-31-16-23(36)6-9-27(31)35)18-22-5-8-26(22)29(4-3-13-47-34)48-33(41)37-24-11-14-44-19-24/h3-4,6-7,9-10,16-17,22,24,26,29H,5,8,11-15,18-21H2,1-2H3,(H,37,41)(H,38,40)/b4-3+/t22-,24+,26+,29-,35-/m0/s1. The fourth-order valence-corrected chi connectivity index (χ4v) is 8.65. The minimum Gasteiger partial charge on any atom is -0.493 e. The van der Waals surface area contributed by atoms with Gasteiger partial charge < -0.3 is 33.9 Å². The number of carbonyl (C=O) groups is 2. The highest BCUT2D eigenvalue weighted by Crippen LogP contribution is 2.47. The van der Waals surface area contributed by atoms with Gasteiger partial charge in [-0.1, -0.05) is 23.7 Å². The van der Waals surface area contributed by atoms with E-state index in [-0.39, 0.29) is 29.4 Å². The number of fused-ring (bicyclic) bond motifs is 4. The van der Waals surface area contributed by atoms with E-state index in [1.807, 2.05) is 24.3 Å². The van der Waals surface area contributed by atoms with Gasteiger partial charge in [0.1, 0.15) is 23.2 Å². The van der Waals surface area contributed by atoms with Crippen LogP contribution in [0.3, 0.4) is 0 Å². The molecule has 2 aromatic carbocycles. The summed E-state index contributed by atoms with van der Waals surface area (Å²) in [6.45, 7) is 5.94. The molecule has 1 spiro atoms. The summed E-state index contributed by atoms with van der Waals surface area (Å²) in [4.78, 5) is 28.4. The van der Waals surface area contributed by atoms with Gasteiger partial charge in [-0.2, -0.15) is 0 Å². The monoisotopic (exact) mass is 715 g/mol.